The van der Waals surface area contributed by atoms with Crippen molar-refractivity contribution in [2.45, 2.75) is 26.2 Å². The summed E-state index contributed by atoms with van der Waals surface area (Å²) in [5.41, 5.74) is 5.19. The van der Waals surface area contributed by atoms with Crippen molar-refractivity contribution in [2.24, 2.45) is 0 Å². The van der Waals surface area contributed by atoms with Gasteiger partial charge < -0.3 is 9.73 Å². The van der Waals surface area contributed by atoms with Gasteiger partial charge in [0.1, 0.15) is 5.52 Å². The number of halogens is 1. The molecule has 1 aromatic heterocycles. The largest absolute Gasteiger partial charge is 0.436 e. The van der Waals surface area contributed by atoms with Crippen molar-refractivity contribution < 1.29 is 9.21 Å². The fraction of sp³-hybridized carbons (Fsp3) is 0.167. The van der Waals surface area contributed by atoms with Gasteiger partial charge >= 0.3 is 0 Å². The Kier molecular flexibility index (Phi) is 5.67. The Labute approximate surface area is 183 Å². The third-order valence-corrected chi connectivity index (χ3v) is 6.04. The second kappa shape index (κ2) is 8.37. The number of anilines is 1. The Morgan fingerprint density at radius 3 is 2.59 bits per heavy atom. The molecule has 5 heteroatoms. The van der Waals surface area contributed by atoms with E-state index < -0.39 is 0 Å². The predicted octanol–water partition coefficient (Wildman–Crippen LogP) is 6.87. The van der Waals surface area contributed by atoms with E-state index >= 15 is 0 Å². The topological polar surface area (TPSA) is 55.1 Å². The quantitative estimate of drug-likeness (QED) is 0.307. The maximum atomic E-state index is 12.5. The molecule has 0 radical (unpaired) electrons. The summed E-state index contributed by atoms with van der Waals surface area (Å²) in [6, 6.07) is 21.3. The first-order valence-corrected chi connectivity index (χ1v) is 10.7. The molecule has 0 aliphatic rings. The van der Waals surface area contributed by atoms with Crippen LogP contribution in [0.5, 0.6) is 0 Å². The van der Waals surface area contributed by atoms with E-state index in [0.717, 1.165) is 32.3 Å². The van der Waals surface area contributed by atoms with Crippen molar-refractivity contribution >= 4 is 45.3 Å². The molecule has 0 unspecified atom stereocenters. The van der Waals surface area contributed by atoms with Crippen molar-refractivity contribution in [3.05, 3.63) is 81.4 Å². The fourth-order valence-electron chi connectivity index (χ4n) is 3.15. The number of amides is 1. The zero-order chi connectivity index (χ0) is 20.4. The third kappa shape index (κ3) is 4.19. The third-order valence-electron chi connectivity index (χ3n) is 5.10. The van der Waals surface area contributed by atoms with Gasteiger partial charge in [0.15, 0.2) is 5.58 Å². The number of rotatable bonds is 5. The lowest BCUT2D eigenvalue weighted by Gasteiger charge is -2.07. The summed E-state index contributed by atoms with van der Waals surface area (Å²) in [4.78, 5) is 17.1. The summed E-state index contributed by atoms with van der Waals surface area (Å²) in [6.07, 6.45) is 1.09. The number of carbonyl (C=O) groups is 1. The van der Waals surface area contributed by atoms with Crippen LogP contribution in [0.2, 0.25) is 0 Å². The van der Waals surface area contributed by atoms with Crippen molar-refractivity contribution in [1.82, 2.24) is 4.98 Å². The van der Waals surface area contributed by atoms with Crippen molar-refractivity contribution in [3.63, 3.8) is 0 Å². The van der Waals surface area contributed by atoms with E-state index in [1.165, 1.54) is 5.56 Å². The van der Waals surface area contributed by atoms with Gasteiger partial charge in [-0.25, -0.2) is 4.98 Å². The number of carbonyl (C=O) groups excluding carboxylic acids is 1. The summed E-state index contributed by atoms with van der Waals surface area (Å²) in [5.74, 6) is 0.953. The summed E-state index contributed by atoms with van der Waals surface area (Å²) >= 11 is 2.16. The molecule has 0 aliphatic carbocycles. The van der Waals surface area contributed by atoms with Crippen LogP contribution in [-0.2, 0) is 0 Å². The van der Waals surface area contributed by atoms with E-state index in [1.807, 2.05) is 54.6 Å². The summed E-state index contributed by atoms with van der Waals surface area (Å²) < 4.78 is 6.85. The van der Waals surface area contributed by atoms with Crippen LogP contribution in [0.15, 0.2) is 71.1 Å². The maximum absolute atomic E-state index is 12.5. The monoisotopic (exact) mass is 496 g/mol. The van der Waals surface area contributed by atoms with Gasteiger partial charge in [0.25, 0.3) is 5.91 Å². The molecule has 4 rings (SSSR count). The molecule has 0 saturated carbocycles. The highest BCUT2D eigenvalue weighted by Crippen LogP contribution is 2.28. The Balaban J connectivity index is 1.54. The number of hydrogen-bond acceptors (Lipinski definition) is 3. The summed E-state index contributed by atoms with van der Waals surface area (Å²) in [6.45, 7) is 4.40. The highest BCUT2D eigenvalue weighted by atomic mass is 127. The Bertz CT molecular complexity index is 1170. The molecular weight excluding hydrogens is 475 g/mol. The number of oxazole rings is 1. The Morgan fingerprint density at radius 2 is 1.86 bits per heavy atom. The first kappa shape index (κ1) is 19.6. The molecular formula is C24H21IN2O2. The van der Waals surface area contributed by atoms with Gasteiger partial charge in [-0.05, 0) is 89.0 Å². The average molecular weight is 496 g/mol. The van der Waals surface area contributed by atoms with Crippen LogP contribution in [-0.4, -0.2) is 10.9 Å². The molecule has 29 heavy (non-hydrogen) atoms. The molecule has 1 atom stereocenters. The molecule has 0 aliphatic heterocycles. The highest BCUT2D eigenvalue weighted by Gasteiger charge is 2.12. The van der Waals surface area contributed by atoms with Crippen LogP contribution in [0, 0.1) is 3.57 Å². The molecule has 3 aromatic carbocycles. The van der Waals surface area contributed by atoms with Gasteiger partial charge in [0.2, 0.25) is 5.89 Å². The molecule has 4 nitrogen and oxygen atoms in total. The molecule has 0 fully saturated rings. The molecule has 0 bridgehead atoms. The smallest absolute Gasteiger partial charge is 0.256 e. The lowest BCUT2D eigenvalue weighted by molar-refractivity contribution is 0.102. The van der Waals surface area contributed by atoms with Crippen LogP contribution in [0.1, 0.15) is 42.1 Å². The molecule has 146 valence electrons. The lowest BCUT2D eigenvalue weighted by Crippen LogP contribution is -2.13. The summed E-state index contributed by atoms with van der Waals surface area (Å²) in [5, 5.41) is 2.94. The minimum absolute atomic E-state index is 0.123. The van der Waals surface area contributed by atoms with E-state index in [-0.39, 0.29) is 5.91 Å². The Morgan fingerprint density at radius 1 is 1.10 bits per heavy atom. The number of aromatic nitrogens is 1. The van der Waals surface area contributed by atoms with Crippen LogP contribution in [0.25, 0.3) is 22.6 Å². The first-order chi connectivity index (χ1) is 14.0. The van der Waals surface area contributed by atoms with Gasteiger partial charge in [-0.15, -0.1) is 0 Å². The van der Waals surface area contributed by atoms with Crippen molar-refractivity contribution in [1.29, 1.82) is 0 Å². The van der Waals surface area contributed by atoms with Crippen LogP contribution in [0.3, 0.4) is 0 Å². The van der Waals surface area contributed by atoms with E-state index in [2.05, 4.69) is 58.9 Å². The second-order valence-electron chi connectivity index (χ2n) is 7.07. The van der Waals surface area contributed by atoms with E-state index in [1.54, 1.807) is 0 Å². The molecule has 0 spiro atoms. The minimum atomic E-state index is -0.123. The van der Waals surface area contributed by atoms with Gasteiger partial charge in [-0.1, -0.05) is 32.0 Å². The standard InChI is InChI=1S/C24H21IN2O2/c1-3-15(2)17-10-13-22-21(14-17)27-24(29-22)16-8-11-18(12-9-16)26-23(28)19-6-4-5-7-20(19)25/h4-15H,3H2,1-2H3,(H,26,28)/t15-/m1/s1. The number of benzene rings is 3. The van der Waals surface area contributed by atoms with Crippen LogP contribution in [0.4, 0.5) is 5.69 Å². The van der Waals surface area contributed by atoms with Gasteiger partial charge in [-0.3, -0.25) is 4.79 Å². The number of nitrogens with one attached hydrogen (secondary N) is 1. The van der Waals surface area contributed by atoms with E-state index in [4.69, 9.17) is 4.42 Å². The van der Waals surface area contributed by atoms with Crippen LogP contribution < -0.4 is 5.32 Å². The molecule has 1 heterocycles. The summed E-state index contributed by atoms with van der Waals surface area (Å²) in [7, 11) is 0. The molecule has 4 aromatic rings. The SMILES string of the molecule is CC[C@@H](C)c1ccc2oc(-c3ccc(NC(=O)c4ccccc4I)cc3)nc2c1. The lowest BCUT2D eigenvalue weighted by atomic mass is 9.98. The zero-order valence-electron chi connectivity index (χ0n) is 16.3. The normalized spacial score (nSPS) is 12.1. The van der Waals surface area contributed by atoms with E-state index in [0.29, 0.717) is 17.4 Å². The first-order valence-electron chi connectivity index (χ1n) is 9.62. The highest BCUT2D eigenvalue weighted by molar-refractivity contribution is 14.1. The van der Waals surface area contributed by atoms with Gasteiger partial charge in [0, 0.05) is 14.8 Å². The number of nitrogens with zero attached hydrogens (tertiary/aromatic N) is 1. The molecule has 0 saturated heterocycles. The maximum Gasteiger partial charge on any atom is 0.256 e. The minimum Gasteiger partial charge on any atom is -0.436 e. The Hall–Kier alpha value is -2.67. The molecule has 1 amide bonds. The molecule has 1 N–H and O–H groups in total. The number of fused-ring (bicyclic) bond motifs is 1. The van der Waals surface area contributed by atoms with Crippen LogP contribution >= 0.6 is 22.6 Å². The van der Waals surface area contributed by atoms with Crippen molar-refractivity contribution in [2.75, 3.05) is 5.32 Å². The van der Waals surface area contributed by atoms with Gasteiger partial charge in [0.05, 0.1) is 5.56 Å². The predicted molar refractivity (Wildman–Crippen MR) is 125 cm³/mol. The zero-order valence-corrected chi connectivity index (χ0v) is 18.4. The van der Waals surface area contributed by atoms with Crippen molar-refractivity contribution in [3.8, 4) is 11.5 Å². The average Bonchev–Trinajstić information content (AvgIpc) is 3.17. The fourth-order valence-corrected chi connectivity index (χ4v) is 3.78. The van der Waals surface area contributed by atoms with E-state index in [9.17, 15) is 4.79 Å². The second-order valence-corrected chi connectivity index (χ2v) is 8.23. The number of hydrogen-bond donors (Lipinski definition) is 1. The van der Waals surface area contributed by atoms with Gasteiger partial charge in [-0.2, -0.15) is 0 Å².